The zero-order chi connectivity index (χ0) is 53.4. The number of aromatic nitrogens is 3. The Labute approximate surface area is 436 Å². The van der Waals surface area contributed by atoms with Gasteiger partial charge in [-0.15, -0.1) is 11.3 Å². The quantitative estimate of drug-likeness (QED) is 0.0297. The molecule has 0 unspecified atom stereocenters. The maximum atomic E-state index is 14.0. The van der Waals surface area contributed by atoms with Gasteiger partial charge in [0.05, 0.1) is 57.4 Å². The van der Waals surface area contributed by atoms with Gasteiger partial charge in [0.25, 0.3) is 17.7 Å². The number of carbonyl (C=O) groups is 6. The first-order valence-electron chi connectivity index (χ1n) is 25.0. The van der Waals surface area contributed by atoms with Crippen molar-refractivity contribution in [1.29, 1.82) is 0 Å². The Hall–Kier alpha value is -7.45. The molecule has 4 heterocycles. The lowest BCUT2D eigenvalue weighted by Crippen LogP contribution is -2.57. The molecule has 5 aromatic rings. The molecule has 20 heteroatoms. The highest BCUT2D eigenvalue weighted by atomic mass is 32.1. The summed E-state index contributed by atoms with van der Waals surface area (Å²) >= 11 is 1.57. The molecule has 1 aliphatic rings. The second kappa shape index (κ2) is 26.5. The average Bonchev–Trinajstić information content (AvgIpc) is 4.01. The summed E-state index contributed by atoms with van der Waals surface area (Å²) in [5.74, 6) is -0.838. The number of thiazole rings is 1. The molecule has 1 aliphatic heterocycles. The van der Waals surface area contributed by atoms with E-state index in [2.05, 4.69) is 52.2 Å². The zero-order valence-electron chi connectivity index (χ0n) is 43.2. The van der Waals surface area contributed by atoms with E-state index in [1.54, 1.807) is 47.7 Å². The molecule has 0 radical (unpaired) electrons. The SMILES string of the molecule is CNC(=O)c1cnc(Nc2ccc(C(=O)NCCCCCCCCCC(=O)N[C@H](C(=O)N3C[C@H](O)C[C@H]3C(=O)NCc3ccc(-c4scnc4C)cc3)C(C)(C)C)cn2)cc1Nc1cccc(C(=O)NC)c1OC. The molecule has 19 nitrogen and oxygen atoms in total. The fourth-order valence-corrected chi connectivity index (χ4v) is 9.41. The lowest BCUT2D eigenvalue weighted by molar-refractivity contribution is -0.144. The number of carbonyl (C=O) groups excluding carboxylic acids is 6. The van der Waals surface area contributed by atoms with Crippen LogP contribution in [0.3, 0.4) is 0 Å². The number of aliphatic hydroxyl groups excluding tert-OH is 1. The van der Waals surface area contributed by atoms with E-state index in [4.69, 9.17) is 4.74 Å². The van der Waals surface area contributed by atoms with Crippen molar-refractivity contribution in [3.8, 4) is 16.2 Å². The van der Waals surface area contributed by atoms with E-state index in [9.17, 15) is 33.9 Å². The van der Waals surface area contributed by atoms with E-state index in [1.165, 1.54) is 38.5 Å². The number of benzene rings is 2. The van der Waals surface area contributed by atoms with Crippen LogP contribution in [0.2, 0.25) is 0 Å². The third-order valence-electron chi connectivity index (χ3n) is 12.7. The van der Waals surface area contributed by atoms with Gasteiger partial charge in [-0.05, 0) is 60.6 Å². The molecule has 0 aliphatic carbocycles. The number of rotatable bonds is 24. The number of hydrogen-bond donors (Lipinski definition) is 8. The molecular weight excluding hydrogens is 963 g/mol. The Kier molecular flexibility index (Phi) is 20.0. The van der Waals surface area contributed by atoms with E-state index in [-0.39, 0.29) is 66.9 Å². The van der Waals surface area contributed by atoms with Crippen molar-refractivity contribution < 1.29 is 38.6 Å². The van der Waals surface area contributed by atoms with Gasteiger partial charge in [0.2, 0.25) is 17.7 Å². The highest BCUT2D eigenvalue weighted by Crippen LogP contribution is 2.34. The molecule has 1 fully saturated rings. The summed E-state index contributed by atoms with van der Waals surface area (Å²) in [7, 11) is 4.49. The molecule has 6 amide bonds. The molecule has 6 rings (SSSR count). The number of pyridine rings is 2. The number of β-amino-alcohol motifs (C(OH)–C–C–N with tert-alkyl or cyclic N) is 1. The zero-order valence-corrected chi connectivity index (χ0v) is 44.0. The molecule has 0 saturated carbocycles. The van der Waals surface area contributed by atoms with Crippen molar-refractivity contribution in [1.82, 2.24) is 46.4 Å². The Morgan fingerprint density at radius 1 is 0.784 bits per heavy atom. The van der Waals surface area contributed by atoms with Crippen LogP contribution in [0.15, 0.2) is 78.6 Å². The van der Waals surface area contributed by atoms with Crippen molar-refractivity contribution >= 4 is 69.8 Å². The Morgan fingerprint density at radius 3 is 2.12 bits per heavy atom. The number of para-hydroxylation sites is 1. The molecule has 0 spiro atoms. The molecule has 1 saturated heterocycles. The first kappa shape index (κ1) is 55.9. The van der Waals surface area contributed by atoms with Gasteiger partial charge in [-0.2, -0.15) is 0 Å². The maximum Gasteiger partial charge on any atom is 0.254 e. The van der Waals surface area contributed by atoms with Gasteiger partial charge in [0.15, 0.2) is 5.75 Å². The number of nitrogens with one attached hydrogen (secondary N) is 7. The van der Waals surface area contributed by atoms with Crippen LogP contribution in [0.5, 0.6) is 5.75 Å². The standard InChI is InChI=1S/C54H69N11O8S/c1-33-47(74-32-61-33)35-21-19-34(20-22-35)28-60-52(71)42-26-37(66)31-65(42)53(72)48(54(2,3)4)64-45(67)18-13-11-9-8-10-12-14-25-57-49(68)36-23-24-43(58-29-36)63-44-27-41(39(30-59-44)51(70)56-6)62-40-17-15-16-38(46(40)73-7)50(69)55-5/h15-17,19-24,27,29-30,32,37,42,48,66H,8-14,18,25-26,28,31H2,1-7H3,(H,55,69)(H,56,70)(H,57,68)(H,60,71)(H,64,67)(H2,58,59,62,63)/t37-,42+,48-/m1/s1. The van der Waals surface area contributed by atoms with Crippen molar-refractivity contribution in [3.63, 3.8) is 0 Å². The minimum Gasteiger partial charge on any atom is -0.494 e. The molecule has 74 heavy (non-hydrogen) atoms. The van der Waals surface area contributed by atoms with Crippen molar-refractivity contribution in [3.05, 3.63) is 107 Å². The number of aliphatic hydroxyl groups is 1. The molecule has 394 valence electrons. The van der Waals surface area contributed by atoms with Crippen LogP contribution in [0.4, 0.5) is 23.0 Å². The minimum absolute atomic E-state index is 0.0110. The van der Waals surface area contributed by atoms with Crippen LogP contribution in [0, 0.1) is 12.3 Å². The largest absolute Gasteiger partial charge is 0.494 e. The van der Waals surface area contributed by atoms with Crippen LogP contribution in [-0.2, 0) is 20.9 Å². The van der Waals surface area contributed by atoms with Gasteiger partial charge in [0, 0.05) is 65.0 Å². The number of ether oxygens (including phenoxy) is 1. The molecule has 2 aromatic carbocycles. The average molecular weight is 1030 g/mol. The summed E-state index contributed by atoms with van der Waals surface area (Å²) in [6.07, 6.45) is 8.56. The Balaban J connectivity index is 0.876. The van der Waals surface area contributed by atoms with Gasteiger partial charge in [-0.1, -0.05) is 83.2 Å². The summed E-state index contributed by atoms with van der Waals surface area (Å²) in [6, 6.07) is 16.1. The van der Waals surface area contributed by atoms with Gasteiger partial charge in [-0.3, -0.25) is 28.8 Å². The van der Waals surface area contributed by atoms with Gasteiger partial charge >= 0.3 is 0 Å². The summed E-state index contributed by atoms with van der Waals surface area (Å²) in [5.41, 5.74) is 5.90. The van der Waals surface area contributed by atoms with Gasteiger partial charge in [0.1, 0.15) is 23.7 Å². The number of hydrogen-bond acceptors (Lipinski definition) is 14. The lowest BCUT2D eigenvalue weighted by Gasteiger charge is -2.35. The molecule has 3 aromatic heterocycles. The normalized spacial score (nSPS) is 14.6. The fourth-order valence-electron chi connectivity index (χ4n) is 8.60. The second-order valence-electron chi connectivity index (χ2n) is 19.3. The monoisotopic (exact) mass is 1030 g/mol. The topological polar surface area (TPSA) is 258 Å². The summed E-state index contributed by atoms with van der Waals surface area (Å²) in [5, 5.41) is 30.9. The first-order valence-corrected chi connectivity index (χ1v) is 25.8. The Morgan fingerprint density at radius 2 is 1.47 bits per heavy atom. The van der Waals surface area contributed by atoms with Crippen LogP contribution in [-0.4, -0.2) is 113 Å². The second-order valence-corrected chi connectivity index (χ2v) is 20.1. The summed E-state index contributed by atoms with van der Waals surface area (Å²) in [6.45, 7) is 8.37. The molecule has 8 N–H and O–H groups in total. The number of methoxy groups -OCH3 is 1. The number of nitrogens with zero attached hydrogens (tertiary/aromatic N) is 4. The molecular formula is C54H69N11O8S. The maximum absolute atomic E-state index is 14.0. The predicted molar refractivity (Wildman–Crippen MR) is 286 cm³/mol. The highest BCUT2D eigenvalue weighted by molar-refractivity contribution is 7.13. The van der Waals surface area contributed by atoms with E-state index in [0.29, 0.717) is 52.9 Å². The number of anilines is 4. The minimum atomic E-state index is -0.881. The summed E-state index contributed by atoms with van der Waals surface area (Å²) in [4.78, 5) is 94.4. The van der Waals surface area contributed by atoms with Crippen molar-refractivity contribution in [2.45, 2.75) is 110 Å². The van der Waals surface area contributed by atoms with Crippen LogP contribution in [0.25, 0.3) is 10.4 Å². The molecule has 3 atom stereocenters. The van der Waals surface area contributed by atoms with Crippen LogP contribution < -0.4 is 42.0 Å². The van der Waals surface area contributed by atoms with Crippen molar-refractivity contribution in [2.75, 3.05) is 44.9 Å². The predicted octanol–water partition coefficient (Wildman–Crippen LogP) is 6.78. The smallest absolute Gasteiger partial charge is 0.254 e. The Bertz CT molecular complexity index is 2740. The van der Waals surface area contributed by atoms with E-state index < -0.39 is 23.6 Å². The number of unbranched alkanes of at least 4 members (excludes halogenated alkanes) is 6. The third kappa shape index (κ3) is 15.1. The lowest BCUT2D eigenvalue weighted by atomic mass is 9.85. The van der Waals surface area contributed by atoms with Gasteiger partial charge < -0.3 is 52.0 Å². The highest BCUT2D eigenvalue weighted by Gasteiger charge is 2.44. The van der Waals surface area contributed by atoms with Crippen LogP contribution >= 0.6 is 11.3 Å². The number of likely N-dealkylation sites (tertiary alicyclic amines) is 1. The van der Waals surface area contributed by atoms with E-state index >= 15 is 0 Å². The molecule has 0 bridgehead atoms. The number of aryl methyl sites for hydroxylation is 1. The van der Waals surface area contributed by atoms with Crippen LogP contribution in [0.1, 0.15) is 121 Å². The van der Waals surface area contributed by atoms with E-state index in [0.717, 1.165) is 60.2 Å². The van der Waals surface area contributed by atoms with E-state index in [1.807, 2.05) is 57.5 Å². The van der Waals surface area contributed by atoms with Gasteiger partial charge in [-0.25, -0.2) is 15.0 Å². The fraction of sp³-hybridized carbons (Fsp3) is 0.426. The summed E-state index contributed by atoms with van der Waals surface area (Å²) < 4.78 is 5.55. The number of amides is 6. The van der Waals surface area contributed by atoms with Crippen molar-refractivity contribution in [2.24, 2.45) is 5.41 Å². The third-order valence-corrected chi connectivity index (χ3v) is 13.7. The first-order chi connectivity index (χ1) is 35.5.